The minimum absolute atomic E-state index is 0.0954. The van der Waals surface area contributed by atoms with Crippen molar-refractivity contribution in [3.63, 3.8) is 0 Å². The smallest absolute Gasteiger partial charge is 0.254 e. The van der Waals surface area contributed by atoms with Crippen LogP contribution in [-0.4, -0.2) is 84.7 Å². The third kappa shape index (κ3) is 5.48. The van der Waals surface area contributed by atoms with E-state index in [1.807, 2.05) is 11.0 Å². The van der Waals surface area contributed by atoms with Gasteiger partial charge in [0.05, 0.1) is 36.9 Å². The quantitative estimate of drug-likeness (QED) is 0.574. The van der Waals surface area contributed by atoms with Gasteiger partial charge in [0.15, 0.2) is 0 Å². The molecule has 3 fully saturated rings. The molecule has 1 aromatic heterocycles. The molecule has 10 nitrogen and oxygen atoms in total. The average Bonchev–Trinajstić information content (AvgIpc) is 3.27. The molecule has 0 aliphatic carbocycles. The van der Waals surface area contributed by atoms with E-state index in [4.69, 9.17) is 26.3 Å². The molecule has 0 aromatic carbocycles. The summed E-state index contributed by atoms with van der Waals surface area (Å²) in [6, 6.07) is 5.66. The zero-order chi connectivity index (χ0) is 22.5. The van der Waals surface area contributed by atoms with E-state index in [2.05, 4.69) is 26.8 Å². The Labute approximate surface area is 191 Å². The van der Waals surface area contributed by atoms with Crippen LogP contribution < -0.4 is 15.8 Å². The van der Waals surface area contributed by atoms with Crippen LogP contribution in [0.4, 0.5) is 5.82 Å². The van der Waals surface area contributed by atoms with Crippen molar-refractivity contribution in [1.29, 1.82) is 5.26 Å². The van der Waals surface area contributed by atoms with Gasteiger partial charge in [-0.05, 0) is 25.0 Å². The van der Waals surface area contributed by atoms with E-state index >= 15 is 0 Å². The molecule has 3 aliphatic rings. The molecule has 4 heterocycles. The molecule has 1 aromatic rings. The maximum atomic E-state index is 12.7. The molecule has 0 spiro atoms. The fraction of sp³-hybridized carbons (Fsp3) is 0.619. The number of halogens is 1. The first kappa shape index (κ1) is 22.7. The molecule has 4 rings (SSSR count). The summed E-state index contributed by atoms with van der Waals surface area (Å²) in [7, 11) is 0. The van der Waals surface area contributed by atoms with Crippen LogP contribution in [0.5, 0.6) is 0 Å². The summed E-state index contributed by atoms with van der Waals surface area (Å²) in [6.07, 6.45) is 2.93. The van der Waals surface area contributed by atoms with Crippen molar-refractivity contribution in [1.82, 2.24) is 20.7 Å². The summed E-state index contributed by atoms with van der Waals surface area (Å²) in [4.78, 5) is 32.6. The Balaban J connectivity index is 1.17. The first-order chi connectivity index (χ1) is 15.5. The molecular weight excluding hydrogens is 436 g/mol. The molecular formula is C21H27ClN6O4. The van der Waals surface area contributed by atoms with E-state index in [0.717, 1.165) is 18.7 Å². The van der Waals surface area contributed by atoms with Gasteiger partial charge in [-0.2, -0.15) is 5.26 Å². The van der Waals surface area contributed by atoms with Crippen molar-refractivity contribution >= 4 is 29.2 Å². The molecule has 172 valence electrons. The Morgan fingerprint density at radius 2 is 2.06 bits per heavy atom. The van der Waals surface area contributed by atoms with Crippen LogP contribution in [0.1, 0.15) is 24.8 Å². The number of carbonyl (C=O) groups is 2. The Hall–Kier alpha value is -2.45. The van der Waals surface area contributed by atoms with Gasteiger partial charge in [-0.15, -0.1) is 11.6 Å². The molecule has 3 aliphatic heterocycles. The standard InChI is InChI=1S/C21H27ClN6O4/c22-20-17(12-25-26-21(20)30)31-13-16-3-2-15(32-16)9-19(29)28-7-5-27(6-8-28)18-4-1-14(10-23)11-24-18/h1,4,11,15-17,20,25H,2-3,5-9,12-13H2,(H,26,30)/t15-,16+,17?,20?/m0/s1. The van der Waals surface area contributed by atoms with E-state index in [9.17, 15) is 9.59 Å². The number of hydrogen-bond donors (Lipinski definition) is 2. The number of ether oxygens (including phenoxy) is 2. The topological polar surface area (TPSA) is 120 Å². The highest BCUT2D eigenvalue weighted by Gasteiger charge is 2.34. The molecule has 4 atom stereocenters. The summed E-state index contributed by atoms with van der Waals surface area (Å²) in [5, 5.41) is 8.16. The molecule has 2 amide bonds. The molecule has 0 bridgehead atoms. The largest absolute Gasteiger partial charge is 0.372 e. The zero-order valence-corrected chi connectivity index (χ0v) is 18.5. The number of piperazine rings is 1. The van der Waals surface area contributed by atoms with E-state index in [0.29, 0.717) is 51.3 Å². The van der Waals surface area contributed by atoms with E-state index in [-0.39, 0.29) is 24.0 Å². The SMILES string of the molecule is N#Cc1ccc(N2CCN(C(=O)C[C@@H]3CC[C@H](COC4CNNC(=O)C4Cl)O3)CC2)nc1. The number of carbonyl (C=O) groups excluding carboxylic acids is 2. The first-order valence-corrected chi connectivity index (χ1v) is 11.3. The van der Waals surface area contributed by atoms with Gasteiger partial charge in [0.1, 0.15) is 17.3 Å². The second-order valence-electron chi connectivity index (χ2n) is 8.19. The van der Waals surface area contributed by atoms with Crippen molar-refractivity contribution in [3.05, 3.63) is 23.9 Å². The van der Waals surface area contributed by atoms with Crippen LogP contribution in [0.3, 0.4) is 0 Å². The average molecular weight is 463 g/mol. The predicted octanol–water partition coefficient (Wildman–Crippen LogP) is 0.167. The summed E-state index contributed by atoms with van der Waals surface area (Å²) < 4.78 is 11.8. The van der Waals surface area contributed by atoms with Crippen molar-refractivity contribution < 1.29 is 19.1 Å². The van der Waals surface area contributed by atoms with Crippen molar-refractivity contribution in [3.8, 4) is 6.07 Å². The number of nitrogens with zero attached hydrogens (tertiary/aromatic N) is 4. The predicted molar refractivity (Wildman–Crippen MR) is 116 cm³/mol. The van der Waals surface area contributed by atoms with Gasteiger partial charge in [-0.3, -0.25) is 15.0 Å². The van der Waals surface area contributed by atoms with Gasteiger partial charge in [-0.1, -0.05) is 0 Å². The minimum atomic E-state index is -0.729. The third-order valence-electron chi connectivity index (χ3n) is 6.02. The number of pyridine rings is 1. The normalized spacial score (nSPS) is 28.3. The minimum Gasteiger partial charge on any atom is -0.372 e. The second kappa shape index (κ2) is 10.4. The van der Waals surface area contributed by atoms with Crippen LogP contribution in [0, 0.1) is 11.3 Å². The summed E-state index contributed by atoms with van der Waals surface area (Å²) >= 11 is 6.08. The third-order valence-corrected chi connectivity index (χ3v) is 6.50. The number of rotatable bonds is 6. The van der Waals surface area contributed by atoms with Gasteiger partial charge >= 0.3 is 0 Å². The van der Waals surface area contributed by atoms with Gasteiger partial charge in [0.25, 0.3) is 5.91 Å². The summed E-state index contributed by atoms with van der Waals surface area (Å²) in [5.74, 6) is 0.620. The van der Waals surface area contributed by atoms with E-state index in [1.54, 1.807) is 12.3 Å². The van der Waals surface area contributed by atoms with Crippen molar-refractivity contribution in [2.75, 3.05) is 44.2 Å². The number of hydrogen-bond acceptors (Lipinski definition) is 8. The van der Waals surface area contributed by atoms with Gasteiger partial charge in [-0.25, -0.2) is 10.4 Å². The molecule has 3 saturated heterocycles. The molecule has 32 heavy (non-hydrogen) atoms. The Morgan fingerprint density at radius 1 is 1.28 bits per heavy atom. The molecule has 2 N–H and O–H groups in total. The van der Waals surface area contributed by atoms with Gasteiger partial charge < -0.3 is 19.3 Å². The number of amides is 2. The highest BCUT2D eigenvalue weighted by molar-refractivity contribution is 6.31. The highest BCUT2D eigenvalue weighted by Crippen LogP contribution is 2.24. The number of nitrogens with one attached hydrogen (secondary N) is 2. The lowest BCUT2D eigenvalue weighted by Gasteiger charge is -2.35. The number of nitriles is 1. The maximum Gasteiger partial charge on any atom is 0.254 e. The fourth-order valence-electron chi connectivity index (χ4n) is 4.16. The second-order valence-corrected chi connectivity index (χ2v) is 8.66. The molecule has 11 heteroatoms. The number of hydrazine groups is 1. The zero-order valence-electron chi connectivity index (χ0n) is 17.7. The van der Waals surface area contributed by atoms with Crippen LogP contribution >= 0.6 is 11.6 Å². The van der Waals surface area contributed by atoms with Crippen molar-refractivity contribution in [2.24, 2.45) is 0 Å². The Kier molecular flexibility index (Phi) is 7.42. The van der Waals surface area contributed by atoms with Crippen molar-refractivity contribution in [2.45, 2.75) is 43.0 Å². The number of aromatic nitrogens is 1. The monoisotopic (exact) mass is 462 g/mol. The Morgan fingerprint density at radius 3 is 2.78 bits per heavy atom. The number of alkyl halides is 1. The molecule has 0 radical (unpaired) electrons. The van der Waals surface area contributed by atoms with Gasteiger partial charge in [0, 0.05) is 38.9 Å². The van der Waals surface area contributed by atoms with E-state index < -0.39 is 11.5 Å². The van der Waals surface area contributed by atoms with Crippen LogP contribution in [0.15, 0.2) is 18.3 Å². The molecule has 0 saturated carbocycles. The van der Waals surface area contributed by atoms with Gasteiger partial charge in [0.2, 0.25) is 5.91 Å². The van der Waals surface area contributed by atoms with Crippen LogP contribution in [-0.2, 0) is 19.1 Å². The highest BCUT2D eigenvalue weighted by atomic mass is 35.5. The lowest BCUT2D eigenvalue weighted by molar-refractivity contribution is -0.136. The fourth-order valence-corrected chi connectivity index (χ4v) is 4.37. The lowest BCUT2D eigenvalue weighted by Crippen LogP contribution is -2.57. The lowest BCUT2D eigenvalue weighted by atomic mass is 10.1. The maximum absolute atomic E-state index is 12.7. The summed E-state index contributed by atoms with van der Waals surface area (Å²) in [5.41, 5.74) is 5.77. The summed E-state index contributed by atoms with van der Waals surface area (Å²) in [6.45, 7) is 3.47. The molecule has 2 unspecified atom stereocenters. The number of anilines is 1. The van der Waals surface area contributed by atoms with Crippen LogP contribution in [0.2, 0.25) is 0 Å². The van der Waals surface area contributed by atoms with E-state index in [1.165, 1.54) is 0 Å². The van der Waals surface area contributed by atoms with Crippen LogP contribution in [0.25, 0.3) is 0 Å². The first-order valence-electron chi connectivity index (χ1n) is 10.9. The Bertz CT molecular complexity index is 855.